The average molecular weight is 373 g/mol. The van der Waals surface area contributed by atoms with Crippen LogP contribution in [0, 0.1) is 13.8 Å². The second-order valence-electron chi connectivity index (χ2n) is 6.48. The second kappa shape index (κ2) is 7.29. The largest absolute Gasteiger partial charge is 0.279 e. The lowest BCUT2D eigenvalue weighted by Crippen LogP contribution is -2.30. The van der Waals surface area contributed by atoms with E-state index in [4.69, 9.17) is 4.98 Å². The quantitative estimate of drug-likeness (QED) is 0.497. The van der Waals surface area contributed by atoms with Crippen LogP contribution in [0.15, 0.2) is 66.9 Å². The molecule has 0 spiro atoms. The third-order valence-corrected chi connectivity index (χ3v) is 5.47. The van der Waals surface area contributed by atoms with Crippen LogP contribution in [0.1, 0.15) is 27.2 Å². The first kappa shape index (κ1) is 17.4. The molecule has 5 heteroatoms. The monoisotopic (exact) mass is 373 g/mol. The summed E-state index contributed by atoms with van der Waals surface area (Å²) < 4.78 is 1.08. The third-order valence-electron chi connectivity index (χ3n) is 4.43. The van der Waals surface area contributed by atoms with Gasteiger partial charge >= 0.3 is 0 Å². The third kappa shape index (κ3) is 3.59. The summed E-state index contributed by atoms with van der Waals surface area (Å²) in [4.78, 5) is 24.1. The van der Waals surface area contributed by atoms with Crippen LogP contribution in [0.4, 0.5) is 5.13 Å². The summed E-state index contributed by atoms with van der Waals surface area (Å²) in [6.07, 6.45) is 1.63. The molecule has 0 atom stereocenters. The van der Waals surface area contributed by atoms with Crippen molar-refractivity contribution in [3.8, 4) is 0 Å². The Morgan fingerprint density at radius 1 is 1.00 bits per heavy atom. The Hall–Kier alpha value is -3.05. The molecule has 0 saturated heterocycles. The Labute approximate surface area is 162 Å². The molecule has 0 aliphatic carbocycles. The van der Waals surface area contributed by atoms with Gasteiger partial charge in [0.05, 0.1) is 22.3 Å². The number of amides is 1. The molecule has 2 heterocycles. The number of rotatable bonds is 4. The van der Waals surface area contributed by atoms with Crippen molar-refractivity contribution in [3.05, 3.63) is 89.2 Å². The zero-order valence-corrected chi connectivity index (χ0v) is 16.0. The molecule has 4 rings (SSSR count). The number of aryl methyl sites for hydroxylation is 2. The first-order valence-corrected chi connectivity index (χ1v) is 9.58. The van der Waals surface area contributed by atoms with Crippen molar-refractivity contribution in [3.63, 3.8) is 0 Å². The number of fused-ring (bicyclic) bond motifs is 1. The second-order valence-corrected chi connectivity index (χ2v) is 7.49. The van der Waals surface area contributed by atoms with Crippen molar-refractivity contribution >= 4 is 32.6 Å². The lowest BCUT2D eigenvalue weighted by Gasteiger charge is -2.20. The van der Waals surface area contributed by atoms with Crippen molar-refractivity contribution < 1.29 is 4.79 Å². The lowest BCUT2D eigenvalue weighted by atomic mass is 10.2. The number of aromatic nitrogens is 2. The van der Waals surface area contributed by atoms with Gasteiger partial charge in [-0.1, -0.05) is 53.8 Å². The van der Waals surface area contributed by atoms with Crippen molar-refractivity contribution in [1.29, 1.82) is 0 Å². The highest BCUT2D eigenvalue weighted by Crippen LogP contribution is 2.32. The minimum absolute atomic E-state index is 0.0944. The van der Waals surface area contributed by atoms with Crippen LogP contribution in [0.25, 0.3) is 10.2 Å². The fourth-order valence-electron chi connectivity index (χ4n) is 2.93. The number of benzene rings is 2. The standard InChI is InChI=1S/C22H19N3OS/c1-15-7-6-10-19-20(15)24-22(27-19)25(14-17-8-4-3-5-9-17)21(26)18-12-11-16(2)23-13-18/h3-13H,14H2,1-2H3. The van der Waals surface area contributed by atoms with E-state index >= 15 is 0 Å². The summed E-state index contributed by atoms with van der Waals surface area (Å²) in [5.41, 5.74) is 4.57. The molecule has 0 aliphatic heterocycles. The Morgan fingerprint density at radius 2 is 1.81 bits per heavy atom. The van der Waals surface area contributed by atoms with Crippen molar-refractivity contribution in [2.75, 3.05) is 4.90 Å². The number of carbonyl (C=O) groups is 1. The van der Waals surface area contributed by atoms with Crippen LogP contribution in [-0.4, -0.2) is 15.9 Å². The van der Waals surface area contributed by atoms with E-state index in [9.17, 15) is 4.79 Å². The summed E-state index contributed by atoms with van der Waals surface area (Å²) in [7, 11) is 0. The van der Waals surface area contributed by atoms with Crippen LogP contribution < -0.4 is 4.90 Å². The Balaban J connectivity index is 1.78. The van der Waals surface area contributed by atoms with Gasteiger partial charge in [0.1, 0.15) is 0 Å². The van der Waals surface area contributed by atoms with E-state index in [1.807, 2.05) is 74.5 Å². The summed E-state index contributed by atoms with van der Waals surface area (Å²) in [5, 5.41) is 0.703. The molecule has 0 fully saturated rings. The van der Waals surface area contributed by atoms with Crippen LogP contribution in [0.2, 0.25) is 0 Å². The highest BCUT2D eigenvalue weighted by atomic mass is 32.1. The Kier molecular flexibility index (Phi) is 4.69. The molecule has 0 radical (unpaired) electrons. The van der Waals surface area contributed by atoms with Gasteiger partial charge in [-0.25, -0.2) is 4.98 Å². The number of nitrogens with zero attached hydrogens (tertiary/aromatic N) is 3. The fourth-order valence-corrected chi connectivity index (χ4v) is 3.97. The SMILES string of the molecule is Cc1ccc(C(=O)N(Cc2ccccc2)c2nc3c(C)cccc3s2)cn1. The van der Waals surface area contributed by atoms with E-state index in [0.29, 0.717) is 17.2 Å². The summed E-state index contributed by atoms with van der Waals surface area (Å²) >= 11 is 1.54. The zero-order valence-electron chi connectivity index (χ0n) is 15.2. The highest BCUT2D eigenvalue weighted by molar-refractivity contribution is 7.22. The first-order chi connectivity index (χ1) is 13.1. The number of carbonyl (C=O) groups excluding carboxylic acids is 1. The van der Waals surface area contributed by atoms with Crippen LogP contribution in [0.5, 0.6) is 0 Å². The smallest absolute Gasteiger partial charge is 0.261 e. The number of hydrogen-bond donors (Lipinski definition) is 0. The summed E-state index contributed by atoms with van der Waals surface area (Å²) in [5.74, 6) is -0.0944. The van der Waals surface area contributed by atoms with Crippen LogP contribution >= 0.6 is 11.3 Å². The number of thiazole rings is 1. The van der Waals surface area contributed by atoms with Gasteiger partial charge < -0.3 is 0 Å². The maximum absolute atomic E-state index is 13.3. The fraction of sp³-hybridized carbons (Fsp3) is 0.136. The van der Waals surface area contributed by atoms with Crippen molar-refractivity contribution in [1.82, 2.24) is 9.97 Å². The van der Waals surface area contributed by atoms with Gasteiger partial charge in [-0.05, 0) is 43.2 Å². The Morgan fingerprint density at radius 3 is 2.52 bits per heavy atom. The van der Waals surface area contributed by atoms with Crippen molar-refractivity contribution in [2.45, 2.75) is 20.4 Å². The maximum atomic E-state index is 13.3. The highest BCUT2D eigenvalue weighted by Gasteiger charge is 2.22. The number of pyridine rings is 1. The molecule has 0 aliphatic rings. The molecule has 4 aromatic rings. The number of para-hydroxylation sites is 1. The number of anilines is 1. The lowest BCUT2D eigenvalue weighted by molar-refractivity contribution is 0.0985. The average Bonchev–Trinajstić information content (AvgIpc) is 3.12. The van der Waals surface area contributed by atoms with Crippen molar-refractivity contribution in [2.24, 2.45) is 0 Å². The van der Waals surface area contributed by atoms with Crippen LogP contribution in [-0.2, 0) is 6.54 Å². The minimum atomic E-state index is -0.0944. The number of hydrogen-bond acceptors (Lipinski definition) is 4. The molecular formula is C22H19N3OS. The molecule has 0 saturated carbocycles. The maximum Gasteiger partial charge on any atom is 0.261 e. The van der Waals surface area contributed by atoms with Gasteiger partial charge in [0.2, 0.25) is 0 Å². The topological polar surface area (TPSA) is 46.1 Å². The summed E-state index contributed by atoms with van der Waals surface area (Å²) in [6.45, 7) is 4.41. The minimum Gasteiger partial charge on any atom is -0.279 e. The van der Waals surface area contributed by atoms with Gasteiger partial charge in [-0.3, -0.25) is 14.7 Å². The molecule has 2 aromatic heterocycles. The predicted octanol–water partition coefficient (Wildman–Crippen LogP) is 5.16. The Bertz CT molecular complexity index is 1090. The molecule has 0 N–H and O–H groups in total. The molecule has 0 bridgehead atoms. The molecule has 1 amide bonds. The van der Waals surface area contributed by atoms with E-state index in [1.54, 1.807) is 11.1 Å². The molecule has 2 aromatic carbocycles. The summed E-state index contributed by atoms with van der Waals surface area (Å²) in [6, 6.07) is 19.8. The zero-order chi connectivity index (χ0) is 18.8. The van der Waals surface area contributed by atoms with E-state index in [0.717, 1.165) is 27.0 Å². The van der Waals surface area contributed by atoms with Gasteiger partial charge in [0, 0.05) is 11.9 Å². The normalized spacial score (nSPS) is 10.9. The van der Waals surface area contributed by atoms with Gasteiger partial charge in [-0.15, -0.1) is 0 Å². The first-order valence-electron chi connectivity index (χ1n) is 8.76. The molecule has 134 valence electrons. The molecule has 0 unspecified atom stereocenters. The van der Waals surface area contributed by atoms with E-state index in [1.165, 1.54) is 11.3 Å². The van der Waals surface area contributed by atoms with Gasteiger partial charge in [0.25, 0.3) is 5.91 Å². The molecule has 4 nitrogen and oxygen atoms in total. The van der Waals surface area contributed by atoms with Crippen LogP contribution in [0.3, 0.4) is 0 Å². The van der Waals surface area contributed by atoms with E-state index in [-0.39, 0.29) is 5.91 Å². The molecule has 27 heavy (non-hydrogen) atoms. The van der Waals surface area contributed by atoms with Gasteiger partial charge in [0.15, 0.2) is 5.13 Å². The van der Waals surface area contributed by atoms with E-state index < -0.39 is 0 Å². The van der Waals surface area contributed by atoms with Gasteiger partial charge in [-0.2, -0.15) is 0 Å². The predicted molar refractivity (Wildman–Crippen MR) is 110 cm³/mol. The molecular weight excluding hydrogens is 354 g/mol. The van der Waals surface area contributed by atoms with E-state index in [2.05, 4.69) is 4.98 Å².